The summed E-state index contributed by atoms with van der Waals surface area (Å²) in [6.45, 7) is 3.01. The molecule has 1 aromatic heterocycles. The van der Waals surface area contributed by atoms with Crippen molar-refractivity contribution in [2.24, 2.45) is 0 Å². The topological polar surface area (TPSA) is 37.8 Å². The maximum Gasteiger partial charge on any atom is 0.133 e. The van der Waals surface area contributed by atoms with E-state index in [9.17, 15) is 0 Å². The summed E-state index contributed by atoms with van der Waals surface area (Å²) < 4.78 is 0. The number of nitrogens with one attached hydrogen (secondary N) is 1. The number of anilines is 1. The second-order valence-corrected chi connectivity index (χ2v) is 5.05. The zero-order chi connectivity index (χ0) is 13.1. The molecule has 0 aliphatic heterocycles. The van der Waals surface area contributed by atoms with Crippen LogP contribution in [0.1, 0.15) is 42.6 Å². The van der Waals surface area contributed by atoms with Crippen molar-refractivity contribution in [3.63, 3.8) is 0 Å². The van der Waals surface area contributed by atoms with Crippen LogP contribution in [0.4, 0.5) is 5.82 Å². The highest BCUT2D eigenvalue weighted by atomic mass is 15.0. The normalized spacial score (nSPS) is 14.4. The second-order valence-electron chi connectivity index (χ2n) is 5.05. The Labute approximate surface area is 114 Å². The van der Waals surface area contributed by atoms with E-state index in [4.69, 9.17) is 0 Å². The Balaban J connectivity index is 1.70. The summed E-state index contributed by atoms with van der Waals surface area (Å²) in [5, 5.41) is 3.41. The van der Waals surface area contributed by atoms with Crippen LogP contribution in [0.5, 0.6) is 0 Å². The summed E-state index contributed by atoms with van der Waals surface area (Å²) in [4.78, 5) is 8.92. The summed E-state index contributed by atoms with van der Waals surface area (Å²) in [5.74, 6) is 2.53. The van der Waals surface area contributed by atoms with Crippen LogP contribution in [0.3, 0.4) is 0 Å². The lowest BCUT2D eigenvalue weighted by Crippen LogP contribution is -2.05. The highest BCUT2D eigenvalue weighted by Crippen LogP contribution is 2.38. The Morgan fingerprint density at radius 1 is 1.16 bits per heavy atom. The highest BCUT2D eigenvalue weighted by molar-refractivity contribution is 5.37. The summed E-state index contributed by atoms with van der Waals surface area (Å²) in [6, 6.07) is 10.5. The first kappa shape index (κ1) is 12.2. The smallest absolute Gasteiger partial charge is 0.133 e. The molecule has 0 unspecified atom stereocenters. The minimum absolute atomic E-state index is 0.602. The van der Waals surface area contributed by atoms with Crippen molar-refractivity contribution in [3.8, 4) is 0 Å². The number of hydrogen-bond acceptors (Lipinski definition) is 3. The molecule has 3 nitrogen and oxygen atoms in total. The number of aromatic nitrogens is 2. The predicted octanol–water partition coefficient (Wildman–Crippen LogP) is 3.53. The van der Waals surface area contributed by atoms with E-state index in [0.29, 0.717) is 5.92 Å². The lowest BCUT2D eigenvalue weighted by Gasteiger charge is -2.10. The Morgan fingerprint density at radius 2 is 1.95 bits per heavy atom. The Kier molecular flexibility index (Phi) is 3.45. The van der Waals surface area contributed by atoms with E-state index in [1.807, 2.05) is 12.3 Å². The number of rotatable bonds is 5. The van der Waals surface area contributed by atoms with Crippen LogP contribution >= 0.6 is 0 Å². The van der Waals surface area contributed by atoms with Crippen molar-refractivity contribution in [1.29, 1.82) is 0 Å². The molecule has 1 saturated carbocycles. The van der Waals surface area contributed by atoms with Gasteiger partial charge in [0, 0.05) is 18.7 Å². The van der Waals surface area contributed by atoms with E-state index < -0.39 is 0 Å². The van der Waals surface area contributed by atoms with Crippen LogP contribution in [-0.2, 0) is 13.0 Å². The monoisotopic (exact) mass is 253 g/mol. The van der Waals surface area contributed by atoms with Crippen LogP contribution in [0, 0.1) is 0 Å². The molecule has 0 saturated heterocycles. The third-order valence-corrected chi connectivity index (χ3v) is 3.58. The van der Waals surface area contributed by atoms with E-state index in [1.165, 1.54) is 24.0 Å². The maximum atomic E-state index is 4.58. The van der Waals surface area contributed by atoms with Crippen molar-refractivity contribution in [3.05, 3.63) is 53.5 Å². The number of benzene rings is 1. The Morgan fingerprint density at radius 3 is 2.68 bits per heavy atom. The van der Waals surface area contributed by atoms with Gasteiger partial charge in [-0.25, -0.2) is 9.97 Å². The summed E-state index contributed by atoms with van der Waals surface area (Å²) in [5.41, 5.74) is 2.74. The minimum Gasteiger partial charge on any atom is -0.366 e. The van der Waals surface area contributed by atoms with Crippen molar-refractivity contribution < 1.29 is 0 Å². The van der Waals surface area contributed by atoms with Gasteiger partial charge >= 0.3 is 0 Å². The van der Waals surface area contributed by atoms with Crippen LogP contribution in [0.25, 0.3) is 0 Å². The van der Waals surface area contributed by atoms with Crippen molar-refractivity contribution >= 4 is 5.82 Å². The molecule has 98 valence electrons. The fourth-order valence-electron chi connectivity index (χ4n) is 2.27. The van der Waals surface area contributed by atoms with Gasteiger partial charge in [-0.05, 0) is 36.5 Å². The van der Waals surface area contributed by atoms with Gasteiger partial charge in [-0.15, -0.1) is 0 Å². The van der Waals surface area contributed by atoms with Gasteiger partial charge in [-0.1, -0.05) is 31.2 Å². The minimum atomic E-state index is 0.602. The van der Waals surface area contributed by atoms with Crippen molar-refractivity contribution in [2.75, 3.05) is 5.32 Å². The van der Waals surface area contributed by atoms with Gasteiger partial charge < -0.3 is 5.32 Å². The van der Waals surface area contributed by atoms with E-state index in [0.717, 1.165) is 24.6 Å². The number of nitrogens with zero attached hydrogens (tertiary/aromatic N) is 2. The molecule has 0 spiro atoms. The fraction of sp³-hybridized carbons (Fsp3) is 0.375. The average molecular weight is 253 g/mol. The molecule has 1 aromatic carbocycles. The highest BCUT2D eigenvalue weighted by Gasteiger charge is 2.26. The zero-order valence-electron chi connectivity index (χ0n) is 11.3. The molecule has 19 heavy (non-hydrogen) atoms. The standard InChI is InChI=1S/C16H19N3/c1-2-12-5-3-4-6-14(12)11-18-15-9-10-17-16(19-15)13-7-8-13/h3-6,9-10,13H,2,7-8,11H2,1H3,(H,17,18,19). The maximum absolute atomic E-state index is 4.58. The van der Waals surface area contributed by atoms with Gasteiger partial charge in [0.05, 0.1) is 0 Å². The molecule has 0 bridgehead atoms. The van der Waals surface area contributed by atoms with E-state index in [2.05, 4.69) is 46.5 Å². The molecular formula is C16H19N3. The quantitative estimate of drug-likeness (QED) is 0.885. The predicted molar refractivity (Wildman–Crippen MR) is 77.2 cm³/mol. The van der Waals surface area contributed by atoms with E-state index in [1.54, 1.807) is 0 Å². The third kappa shape index (κ3) is 2.92. The summed E-state index contributed by atoms with van der Waals surface area (Å²) in [7, 11) is 0. The molecular weight excluding hydrogens is 234 g/mol. The second kappa shape index (κ2) is 5.39. The molecule has 0 radical (unpaired) electrons. The van der Waals surface area contributed by atoms with Crippen molar-refractivity contribution in [1.82, 2.24) is 9.97 Å². The van der Waals surface area contributed by atoms with E-state index >= 15 is 0 Å². The van der Waals surface area contributed by atoms with E-state index in [-0.39, 0.29) is 0 Å². The summed E-state index contributed by atoms with van der Waals surface area (Å²) in [6.07, 6.45) is 5.40. The molecule has 1 aliphatic rings. The van der Waals surface area contributed by atoms with Gasteiger partial charge in [0.1, 0.15) is 11.6 Å². The molecule has 3 rings (SSSR count). The van der Waals surface area contributed by atoms with Crippen LogP contribution < -0.4 is 5.32 Å². The lowest BCUT2D eigenvalue weighted by molar-refractivity contribution is 0.919. The molecule has 1 aliphatic carbocycles. The lowest BCUT2D eigenvalue weighted by atomic mass is 10.1. The first-order valence-corrected chi connectivity index (χ1v) is 7.00. The molecule has 1 heterocycles. The van der Waals surface area contributed by atoms with Gasteiger partial charge in [-0.2, -0.15) is 0 Å². The first-order valence-electron chi connectivity index (χ1n) is 7.00. The van der Waals surface area contributed by atoms with Gasteiger partial charge in [0.15, 0.2) is 0 Å². The molecule has 0 amide bonds. The third-order valence-electron chi connectivity index (χ3n) is 3.58. The van der Waals surface area contributed by atoms with Crippen LogP contribution in [0.15, 0.2) is 36.5 Å². The van der Waals surface area contributed by atoms with Crippen LogP contribution in [-0.4, -0.2) is 9.97 Å². The number of aryl methyl sites for hydroxylation is 1. The largest absolute Gasteiger partial charge is 0.366 e. The molecule has 1 N–H and O–H groups in total. The average Bonchev–Trinajstić information content (AvgIpc) is 3.30. The first-order chi connectivity index (χ1) is 9.36. The van der Waals surface area contributed by atoms with Crippen molar-refractivity contribution in [2.45, 2.75) is 38.6 Å². The number of hydrogen-bond donors (Lipinski definition) is 1. The zero-order valence-corrected chi connectivity index (χ0v) is 11.3. The van der Waals surface area contributed by atoms with Gasteiger partial charge in [0.2, 0.25) is 0 Å². The molecule has 0 atom stereocenters. The SMILES string of the molecule is CCc1ccccc1CNc1ccnc(C2CC2)n1. The fourth-order valence-corrected chi connectivity index (χ4v) is 2.27. The Hall–Kier alpha value is -1.90. The summed E-state index contributed by atoms with van der Waals surface area (Å²) >= 11 is 0. The Bertz CT molecular complexity index is 561. The van der Waals surface area contributed by atoms with Gasteiger partial charge in [0.25, 0.3) is 0 Å². The molecule has 1 fully saturated rings. The van der Waals surface area contributed by atoms with Crippen LogP contribution in [0.2, 0.25) is 0 Å². The molecule has 3 heteroatoms. The van der Waals surface area contributed by atoms with Gasteiger partial charge in [-0.3, -0.25) is 0 Å². The molecule has 2 aromatic rings.